The van der Waals surface area contributed by atoms with E-state index in [9.17, 15) is 9.59 Å². The van der Waals surface area contributed by atoms with Gasteiger partial charge in [0.05, 0.1) is 6.54 Å². The van der Waals surface area contributed by atoms with Crippen LogP contribution < -0.4 is 5.32 Å². The minimum absolute atomic E-state index is 0.0435. The molecule has 1 aliphatic rings. The first-order valence-electron chi connectivity index (χ1n) is 7.39. The summed E-state index contributed by atoms with van der Waals surface area (Å²) >= 11 is 1.27. The molecule has 0 saturated heterocycles. The van der Waals surface area contributed by atoms with Crippen molar-refractivity contribution in [2.24, 2.45) is 11.3 Å². The zero-order chi connectivity index (χ0) is 15.5. The molecule has 1 amide bonds. The lowest BCUT2D eigenvalue weighted by Gasteiger charge is -2.29. The van der Waals surface area contributed by atoms with E-state index in [2.05, 4.69) is 24.1 Å². The predicted octanol–water partition coefficient (Wildman–Crippen LogP) is 3.06. The molecule has 1 aliphatic carbocycles. The third-order valence-electron chi connectivity index (χ3n) is 4.01. The Kier molecular flexibility index (Phi) is 4.98. The molecule has 5 nitrogen and oxygen atoms in total. The van der Waals surface area contributed by atoms with Crippen LogP contribution in [0.15, 0.2) is 5.38 Å². The zero-order valence-electron chi connectivity index (χ0n) is 12.5. The van der Waals surface area contributed by atoms with Gasteiger partial charge in [0.1, 0.15) is 5.01 Å². The van der Waals surface area contributed by atoms with E-state index in [1.807, 2.05) is 0 Å². The molecule has 0 aromatic carbocycles. The van der Waals surface area contributed by atoms with E-state index in [1.165, 1.54) is 16.7 Å². The number of nitrogens with one attached hydrogen (secondary N) is 1. The van der Waals surface area contributed by atoms with Crippen molar-refractivity contribution >= 4 is 23.2 Å². The fraction of sp³-hybridized carbons (Fsp3) is 0.667. The van der Waals surface area contributed by atoms with Gasteiger partial charge in [0, 0.05) is 10.8 Å². The molecule has 1 aromatic heterocycles. The van der Waals surface area contributed by atoms with Gasteiger partial charge in [-0.1, -0.05) is 26.7 Å². The summed E-state index contributed by atoms with van der Waals surface area (Å²) in [7, 11) is 0. The Morgan fingerprint density at radius 2 is 2.10 bits per heavy atom. The van der Waals surface area contributed by atoms with Crippen LogP contribution in [0.5, 0.6) is 0 Å². The van der Waals surface area contributed by atoms with Crippen molar-refractivity contribution < 1.29 is 14.7 Å². The number of aromatic nitrogens is 1. The molecular formula is C15H22N2O3S. The lowest BCUT2D eigenvalue weighted by atomic mass is 9.77. The first-order chi connectivity index (χ1) is 9.93. The highest BCUT2D eigenvalue weighted by atomic mass is 32.1. The molecule has 1 fully saturated rings. The second-order valence-electron chi connectivity index (χ2n) is 6.20. The summed E-state index contributed by atoms with van der Waals surface area (Å²) in [6.07, 6.45) is 5.04. The summed E-state index contributed by atoms with van der Waals surface area (Å²) in [5.41, 5.74) is -0.192. The van der Waals surface area contributed by atoms with Crippen LogP contribution in [0.25, 0.3) is 0 Å². The minimum Gasteiger partial charge on any atom is -0.476 e. The van der Waals surface area contributed by atoms with Gasteiger partial charge in [-0.2, -0.15) is 0 Å². The summed E-state index contributed by atoms with van der Waals surface area (Å²) in [6.45, 7) is 4.61. The van der Waals surface area contributed by atoms with Gasteiger partial charge >= 0.3 is 5.97 Å². The number of nitrogens with zero attached hydrogens (tertiary/aromatic N) is 1. The third kappa shape index (κ3) is 3.81. The molecular weight excluding hydrogens is 288 g/mol. The molecule has 0 spiro atoms. The van der Waals surface area contributed by atoms with Gasteiger partial charge in [-0.05, 0) is 25.2 Å². The van der Waals surface area contributed by atoms with Crippen molar-refractivity contribution in [1.29, 1.82) is 0 Å². The van der Waals surface area contributed by atoms with Crippen LogP contribution in [0, 0.1) is 11.3 Å². The van der Waals surface area contributed by atoms with Crippen molar-refractivity contribution in [3.8, 4) is 0 Å². The minimum atomic E-state index is -1.03. The van der Waals surface area contributed by atoms with E-state index in [1.54, 1.807) is 0 Å². The van der Waals surface area contributed by atoms with E-state index in [0.29, 0.717) is 17.5 Å². The van der Waals surface area contributed by atoms with Crippen LogP contribution in [0.3, 0.4) is 0 Å². The molecule has 6 heteroatoms. The molecule has 0 bridgehead atoms. The number of hydrogen-bond donors (Lipinski definition) is 2. The quantitative estimate of drug-likeness (QED) is 0.846. The Morgan fingerprint density at radius 3 is 2.62 bits per heavy atom. The maximum absolute atomic E-state index is 12.6. The van der Waals surface area contributed by atoms with Crippen molar-refractivity contribution in [3.05, 3.63) is 16.1 Å². The first kappa shape index (κ1) is 15.9. The molecule has 0 aliphatic heterocycles. The predicted molar refractivity (Wildman–Crippen MR) is 81.3 cm³/mol. The lowest BCUT2D eigenvalue weighted by molar-refractivity contribution is -0.132. The molecule has 116 valence electrons. The van der Waals surface area contributed by atoms with E-state index in [0.717, 1.165) is 32.1 Å². The SMILES string of the molecule is CC(C)CC1(C(=O)NCc2nc(C(=O)O)cs2)CCCC1. The van der Waals surface area contributed by atoms with E-state index >= 15 is 0 Å². The normalized spacial score (nSPS) is 17.1. The number of rotatable bonds is 6. The van der Waals surface area contributed by atoms with Gasteiger partial charge < -0.3 is 10.4 Å². The number of thiazole rings is 1. The molecule has 0 unspecified atom stereocenters. The van der Waals surface area contributed by atoms with Gasteiger partial charge in [0.2, 0.25) is 5.91 Å². The second kappa shape index (κ2) is 6.56. The molecule has 2 rings (SSSR count). The summed E-state index contributed by atoms with van der Waals surface area (Å²) in [5, 5.41) is 13.9. The Labute approximate surface area is 128 Å². The zero-order valence-corrected chi connectivity index (χ0v) is 13.3. The smallest absolute Gasteiger partial charge is 0.355 e. The standard InChI is InChI=1S/C15H22N2O3S/c1-10(2)7-15(5-3-4-6-15)14(20)16-8-12-17-11(9-21-12)13(18)19/h9-10H,3-8H2,1-2H3,(H,16,20)(H,18,19). The van der Waals surface area contributed by atoms with Crippen LogP contribution >= 0.6 is 11.3 Å². The van der Waals surface area contributed by atoms with Crippen LogP contribution in [0.2, 0.25) is 0 Å². The molecule has 21 heavy (non-hydrogen) atoms. The summed E-state index contributed by atoms with van der Waals surface area (Å²) in [5.74, 6) is -0.441. The number of carboxylic acids is 1. The maximum atomic E-state index is 12.6. The Bertz CT molecular complexity index is 519. The molecule has 1 heterocycles. The fourth-order valence-corrected chi connectivity index (χ4v) is 3.90. The Balaban J connectivity index is 1.97. The summed E-state index contributed by atoms with van der Waals surface area (Å²) in [6, 6.07) is 0. The molecule has 0 atom stereocenters. The van der Waals surface area contributed by atoms with E-state index in [-0.39, 0.29) is 17.0 Å². The lowest BCUT2D eigenvalue weighted by Crippen LogP contribution is -2.39. The van der Waals surface area contributed by atoms with Crippen LogP contribution in [0.4, 0.5) is 0 Å². The van der Waals surface area contributed by atoms with Crippen molar-refractivity contribution in [2.45, 2.75) is 52.5 Å². The van der Waals surface area contributed by atoms with E-state index in [4.69, 9.17) is 5.11 Å². The second-order valence-corrected chi connectivity index (χ2v) is 7.14. The summed E-state index contributed by atoms with van der Waals surface area (Å²) in [4.78, 5) is 27.4. The van der Waals surface area contributed by atoms with Crippen molar-refractivity contribution in [1.82, 2.24) is 10.3 Å². The number of hydrogen-bond acceptors (Lipinski definition) is 4. The highest BCUT2D eigenvalue weighted by Crippen LogP contribution is 2.43. The van der Waals surface area contributed by atoms with Crippen molar-refractivity contribution in [3.63, 3.8) is 0 Å². The van der Waals surface area contributed by atoms with Gasteiger partial charge in [0.25, 0.3) is 0 Å². The van der Waals surface area contributed by atoms with Crippen LogP contribution in [-0.4, -0.2) is 22.0 Å². The Morgan fingerprint density at radius 1 is 1.43 bits per heavy atom. The molecule has 2 N–H and O–H groups in total. The van der Waals surface area contributed by atoms with Gasteiger partial charge in [-0.15, -0.1) is 11.3 Å². The fourth-order valence-electron chi connectivity index (χ4n) is 3.19. The molecule has 1 aromatic rings. The largest absolute Gasteiger partial charge is 0.476 e. The summed E-state index contributed by atoms with van der Waals surface area (Å²) < 4.78 is 0. The average Bonchev–Trinajstić information content (AvgIpc) is 3.04. The maximum Gasteiger partial charge on any atom is 0.355 e. The first-order valence-corrected chi connectivity index (χ1v) is 8.27. The number of aromatic carboxylic acids is 1. The number of carbonyl (C=O) groups excluding carboxylic acids is 1. The molecule has 1 saturated carbocycles. The number of carboxylic acid groups (broad SMARTS) is 1. The highest BCUT2D eigenvalue weighted by Gasteiger charge is 2.41. The van der Waals surface area contributed by atoms with Gasteiger partial charge in [0.15, 0.2) is 5.69 Å². The molecule has 0 radical (unpaired) electrons. The van der Waals surface area contributed by atoms with Gasteiger partial charge in [-0.3, -0.25) is 4.79 Å². The monoisotopic (exact) mass is 310 g/mol. The number of amides is 1. The van der Waals surface area contributed by atoms with Crippen molar-refractivity contribution in [2.75, 3.05) is 0 Å². The average molecular weight is 310 g/mol. The van der Waals surface area contributed by atoms with Gasteiger partial charge in [-0.25, -0.2) is 9.78 Å². The third-order valence-corrected chi connectivity index (χ3v) is 4.86. The number of carbonyl (C=O) groups is 2. The topological polar surface area (TPSA) is 79.3 Å². The van der Waals surface area contributed by atoms with Crippen LogP contribution in [0.1, 0.15) is 61.4 Å². The highest BCUT2D eigenvalue weighted by molar-refractivity contribution is 7.09. The van der Waals surface area contributed by atoms with E-state index < -0.39 is 5.97 Å². The van der Waals surface area contributed by atoms with Crippen LogP contribution in [-0.2, 0) is 11.3 Å². The Hall–Kier alpha value is -1.43.